The minimum Gasteiger partial charge on any atom is -0.321 e. The molecule has 126 valence electrons. The van der Waals surface area contributed by atoms with Gasteiger partial charge in [0, 0.05) is 38.1 Å². The highest BCUT2D eigenvalue weighted by Crippen LogP contribution is 2.10. The van der Waals surface area contributed by atoms with Crippen molar-refractivity contribution in [3.63, 3.8) is 0 Å². The lowest BCUT2D eigenvalue weighted by atomic mass is 10.2. The van der Waals surface area contributed by atoms with Gasteiger partial charge in [0.1, 0.15) is 11.5 Å². The van der Waals surface area contributed by atoms with Crippen molar-refractivity contribution >= 4 is 11.6 Å². The molecule has 1 saturated heterocycles. The topological polar surface area (TPSA) is 61.4 Å². The molecular formula is C18H23N5O. The summed E-state index contributed by atoms with van der Waals surface area (Å²) < 4.78 is 0. The second kappa shape index (κ2) is 7.51. The lowest BCUT2D eigenvalue weighted by molar-refractivity contribution is 0.102. The number of amides is 1. The van der Waals surface area contributed by atoms with Crippen LogP contribution in [0.15, 0.2) is 36.5 Å². The van der Waals surface area contributed by atoms with Crippen molar-refractivity contribution in [3.8, 4) is 0 Å². The highest BCUT2D eigenvalue weighted by Gasteiger charge is 2.16. The predicted molar refractivity (Wildman–Crippen MR) is 93.9 cm³/mol. The van der Waals surface area contributed by atoms with E-state index in [1.807, 2.05) is 31.2 Å². The van der Waals surface area contributed by atoms with E-state index in [-0.39, 0.29) is 5.91 Å². The van der Waals surface area contributed by atoms with Crippen LogP contribution >= 0.6 is 0 Å². The zero-order valence-electron chi connectivity index (χ0n) is 14.2. The number of nitrogens with one attached hydrogen (secondary N) is 1. The lowest BCUT2D eigenvalue weighted by Gasteiger charge is -2.31. The van der Waals surface area contributed by atoms with Gasteiger partial charge in [0.2, 0.25) is 0 Å². The summed E-state index contributed by atoms with van der Waals surface area (Å²) in [4.78, 5) is 25.7. The minimum absolute atomic E-state index is 0.208. The summed E-state index contributed by atoms with van der Waals surface area (Å²) in [5.41, 5.74) is 2.32. The standard InChI is InChI=1S/C18H23N5O/c1-14-3-5-15(6-4-14)20-18(24)16-7-8-19-17(21-16)13-23-11-9-22(2)10-12-23/h3-8H,9-13H2,1-2H3,(H,20,24). The van der Waals surface area contributed by atoms with Gasteiger partial charge in [-0.15, -0.1) is 0 Å². The zero-order valence-corrected chi connectivity index (χ0v) is 14.2. The Morgan fingerprint density at radius 2 is 1.83 bits per heavy atom. The van der Waals surface area contributed by atoms with Crippen molar-refractivity contribution in [2.75, 3.05) is 38.5 Å². The molecule has 1 aliphatic rings. The maximum absolute atomic E-state index is 12.4. The molecular weight excluding hydrogens is 302 g/mol. The number of likely N-dealkylation sites (N-methyl/N-ethyl adjacent to an activating group) is 1. The molecule has 1 aliphatic heterocycles. The number of carbonyl (C=O) groups is 1. The molecule has 1 aromatic heterocycles. The molecule has 1 fully saturated rings. The number of benzene rings is 1. The number of hydrogen-bond donors (Lipinski definition) is 1. The Bertz CT molecular complexity index is 693. The Balaban J connectivity index is 1.63. The summed E-state index contributed by atoms with van der Waals surface area (Å²) in [5, 5.41) is 2.87. The van der Waals surface area contributed by atoms with Crippen molar-refractivity contribution in [1.82, 2.24) is 19.8 Å². The molecule has 6 nitrogen and oxygen atoms in total. The van der Waals surface area contributed by atoms with Gasteiger partial charge in [-0.3, -0.25) is 9.69 Å². The summed E-state index contributed by atoms with van der Waals surface area (Å²) in [6.45, 7) is 6.79. The summed E-state index contributed by atoms with van der Waals surface area (Å²) in [6, 6.07) is 9.36. The second-order valence-corrected chi connectivity index (χ2v) is 6.26. The lowest BCUT2D eigenvalue weighted by Crippen LogP contribution is -2.44. The van der Waals surface area contributed by atoms with Crippen LogP contribution in [-0.2, 0) is 6.54 Å². The van der Waals surface area contributed by atoms with E-state index in [0.717, 1.165) is 37.4 Å². The normalized spacial score (nSPS) is 16.1. The SMILES string of the molecule is Cc1ccc(NC(=O)c2ccnc(CN3CCN(C)CC3)n2)cc1. The largest absolute Gasteiger partial charge is 0.321 e. The first-order valence-corrected chi connectivity index (χ1v) is 8.21. The molecule has 0 radical (unpaired) electrons. The fourth-order valence-electron chi connectivity index (χ4n) is 2.64. The molecule has 6 heteroatoms. The summed E-state index contributed by atoms with van der Waals surface area (Å²) in [5.74, 6) is 0.483. The van der Waals surface area contributed by atoms with Crippen LogP contribution < -0.4 is 5.32 Å². The molecule has 0 atom stereocenters. The summed E-state index contributed by atoms with van der Waals surface area (Å²) in [7, 11) is 2.13. The van der Waals surface area contributed by atoms with Crippen molar-refractivity contribution in [1.29, 1.82) is 0 Å². The van der Waals surface area contributed by atoms with E-state index in [1.165, 1.54) is 0 Å². The molecule has 0 spiro atoms. The number of carbonyl (C=O) groups excluding carboxylic acids is 1. The first-order chi connectivity index (χ1) is 11.6. The first kappa shape index (κ1) is 16.5. The molecule has 1 N–H and O–H groups in total. The van der Waals surface area contributed by atoms with Crippen LogP contribution in [0.3, 0.4) is 0 Å². The van der Waals surface area contributed by atoms with Gasteiger partial charge in [-0.05, 0) is 32.2 Å². The molecule has 0 bridgehead atoms. The third-order valence-electron chi connectivity index (χ3n) is 4.21. The van der Waals surface area contributed by atoms with Crippen molar-refractivity contribution in [2.45, 2.75) is 13.5 Å². The average molecular weight is 325 g/mol. The number of nitrogens with zero attached hydrogens (tertiary/aromatic N) is 4. The number of rotatable bonds is 4. The van der Waals surface area contributed by atoms with Crippen molar-refractivity contribution in [3.05, 3.63) is 53.6 Å². The van der Waals surface area contributed by atoms with E-state index >= 15 is 0 Å². The number of piperazine rings is 1. The van der Waals surface area contributed by atoms with E-state index in [9.17, 15) is 4.79 Å². The maximum Gasteiger partial charge on any atom is 0.274 e. The fraction of sp³-hybridized carbons (Fsp3) is 0.389. The molecule has 1 aromatic carbocycles. The van der Waals surface area contributed by atoms with Crippen molar-refractivity contribution in [2.24, 2.45) is 0 Å². The smallest absolute Gasteiger partial charge is 0.274 e. The van der Waals surface area contributed by atoms with Gasteiger partial charge in [0.05, 0.1) is 6.54 Å². The van der Waals surface area contributed by atoms with Crippen LogP contribution in [0.5, 0.6) is 0 Å². The summed E-state index contributed by atoms with van der Waals surface area (Å²) in [6.07, 6.45) is 1.66. The van der Waals surface area contributed by atoms with Crippen LogP contribution in [0.4, 0.5) is 5.69 Å². The zero-order chi connectivity index (χ0) is 16.9. The Hall–Kier alpha value is -2.31. The molecule has 0 unspecified atom stereocenters. The molecule has 2 aromatic rings. The van der Waals surface area contributed by atoms with E-state index < -0.39 is 0 Å². The van der Waals surface area contributed by atoms with Crippen LogP contribution in [0.2, 0.25) is 0 Å². The van der Waals surface area contributed by atoms with Gasteiger partial charge >= 0.3 is 0 Å². The maximum atomic E-state index is 12.4. The fourth-order valence-corrected chi connectivity index (χ4v) is 2.64. The van der Waals surface area contributed by atoms with Gasteiger partial charge in [-0.25, -0.2) is 9.97 Å². The quantitative estimate of drug-likeness (QED) is 0.928. The number of anilines is 1. The van der Waals surface area contributed by atoms with Crippen molar-refractivity contribution < 1.29 is 4.79 Å². The van der Waals surface area contributed by atoms with Crippen LogP contribution in [0.25, 0.3) is 0 Å². The minimum atomic E-state index is -0.208. The van der Waals surface area contributed by atoms with Crippen LogP contribution in [0.1, 0.15) is 21.9 Å². The van der Waals surface area contributed by atoms with Gasteiger partial charge in [0.25, 0.3) is 5.91 Å². The Labute approximate surface area is 142 Å². The highest BCUT2D eigenvalue weighted by molar-refractivity contribution is 6.02. The van der Waals surface area contributed by atoms with Crippen LogP contribution in [0, 0.1) is 6.92 Å². The second-order valence-electron chi connectivity index (χ2n) is 6.26. The van der Waals surface area contributed by atoms with Gasteiger partial charge in [-0.2, -0.15) is 0 Å². The van der Waals surface area contributed by atoms with Crippen LogP contribution in [-0.4, -0.2) is 58.9 Å². The van der Waals surface area contributed by atoms with Gasteiger partial charge in [0.15, 0.2) is 0 Å². The molecule has 0 saturated carbocycles. The Morgan fingerprint density at radius 3 is 2.54 bits per heavy atom. The monoisotopic (exact) mass is 325 g/mol. The van der Waals surface area contributed by atoms with E-state index in [0.29, 0.717) is 18.1 Å². The number of hydrogen-bond acceptors (Lipinski definition) is 5. The van der Waals surface area contributed by atoms with E-state index in [1.54, 1.807) is 12.3 Å². The molecule has 3 rings (SSSR count). The molecule has 0 aliphatic carbocycles. The Morgan fingerprint density at radius 1 is 1.12 bits per heavy atom. The van der Waals surface area contributed by atoms with E-state index in [4.69, 9.17) is 0 Å². The van der Waals surface area contributed by atoms with Gasteiger partial charge < -0.3 is 10.2 Å². The molecule has 2 heterocycles. The molecule has 24 heavy (non-hydrogen) atoms. The average Bonchev–Trinajstić information content (AvgIpc) is 2.59. The number of aryl methyl sites for hydroxylation is 1. The third kappa shape index (κ3) is 4.37. The third-order valence-corrected chi connectivity index (χ3v) is 4.21. The highest BCUT2D eigenvalue weighted by atomic mass is 16.1. The first-order valence-electron chi connectivity index (χ1n) is 8.21. The van der Waals surface area contributed by atoms with E-state index in [2.05, 4.69) is 32.1 Å². The summed E-state index contributed by atoms with van der Waals surface area (Å²) >= 11 is 0. The predicted octanol–water partition coefficient (Wildman–Crippen LogP) is 1.78. The van der Waals surface area contributed by atoms with Gasteiger partial charge in [-0.1, -0.05) is 17.7 Å². The Kier molecular flexibility index (Phi) is 5.17. The number of aromatic nitrogens is 2. The molecule has 1 amide bonds.